The summed E-state index contributed by atoms with van der Waals surface area (Å²) in [6, 6.07) is 6.24. The van der Waals surface area contributed by atoms with Gasteiger partial charge in [0.05, 0.1) is 11.9 Å². The number of carbonyl (C=O) groups excluding carboxylic acids is 2. The van der Waals surface area contributed by atoms with E-state index in [9.17, 15) is 9.59 Å². The van der Waals surface area contributed by atoms with E-state index in [-0.39, 0.29) is 17.9 Å². The third kappa shape index (κ3) is 5.02. The van der Waals surface area contributed by atoms with Crippen molar-refractivity contribution in [2.24, 2.45) is 0 Å². The van der Waals surface area contributed by atoms with E-state index in [1.54, 1.807) is 31.4 Å². The van der Waals surface area contributed by atoms with Crippen molar-refractivity contribution in [1.29, 1.82) is 0 Å². The molecular formula is C27H36N8O2. The fraction of sp³-hybridized carbons (Fsp3) is 0.519. The molecule has 1 N–H and O–H groups in total. The molecule has 2 aliphatic rings. The summed E-state index contributed by atoms with van der Waals surface area (Å²) in [5.41, 5.74) is 2.21. The summed E-state index contributed by atoms with van der Waals surface area (Å²) in [5, 5.41) is 4.05. The number of hydrogen-bond donors (Lipinski definition) is 1. The van der Waals surface area contributed by atoms with E-state index < -0.39 is 0 Å². The summed E-state index contributed by atoms with van der Waals surface area (Å²) in [7, 11) is 5.62. The largest absolute Gasteiger partial charge is 0.343 e. The minimum absolute atomic E-state index is 0.0313. The molecule has 1 unspecified atom stereocenters. The second-order valence-electron chi connectivity index (χ2n) is 10.3. The second-order valence-corrected chi connectivity index (χ2v) is 10.3. The first kappa shape index (κ1) is 25.1. The molecule has 0 spiro atoms. The number of nitrogens with one attached hydrogen (secondary N) is 1. The van der Waals surface area contributed by atoms with Gasteiger partial charge in [-0.05, 0) is 44.5 Å². The summed E-state index contributed by atoms with van der Waals surface area (Å²) in [6.07, 6.45) is 9.36. The SMILES string of the molecule is CCC1CN(c2ccc(Nc3ncc4cc(C(=O)N(C)C)n(C5CCCC5)c4n3)nc2)C(=O)CCN1C. The molecule has 196 valence electrons. The number of amides is 2. The third-order valence-electron chi connectivity index (χ3n) is 7.66. The van der Waals surface area contributed by atoms with E-state index in [0.717, 1.165) is 55.4 Å². The fourth-order valence-electron chi connectivity index (χ4n) is 5.46. The molecule has 10 nitrogen and oxygen atoms in total. The Kier molecular flexibility index (Phi) is 7.10. The minimum atomic E-state index is -0.0313. The summed E-state index contributed by atoms with van der Waals surface area (Å²) in [4.78, 5) is 45.2. The average molecular weight is 505 g/mol. The van der Waals surface area contributed by atoms with Crippen molar-refractivity contribution in [3.63, 3.8) is 0 Å². The number of fused-ring (bicyclic) bond motifs is 1. The summed E-state index contributed by atoms with van der Waals surface area (Å²) >= 11 is 0. The monoisotopic (exact) mass is 504 g/mol. The number of carbonyl (C=O) groups is 2. The summed E-state index contributed by atoms with van der Waals surface area (Å²) in [5.74, 6) is 1.11. The van der Waals surface area contributed by atoms with Gasteiger partial charge in [0.1, 0.15) is 17.2 Å². The molecule has 1 aliphatic heterocycles. The number of aromatic nitrogens is 4. The van der Waals surface area contributed by atoms with Crippen LogP contribution < -0.4 is 10.2 Å². The van der Waals surface area contributed by atoms with Crippen LogP contribution in [0.1, 0.15) is 62.0 Å². The third-order valence-corrected chi connectivity index (χ3v) is 7.66. The number of rotatable bonds is 6. The van der Waals surface area contributed by atoms with Crippen molar-refractivity contribution in [1.82, 2.24) is 29.3 Å². The quantitative estimate of drug-likeness (QED) is 0.545. The van der Waals surface area contributed by atoms with Crippen LogP contribution in [0.15, 0.2) is 30.6 Å². The van der Waals surface area contributed by atoms with E-state index in [0.29, 0.717) is 36.5 Å². The first-order valence-electron chi connectivity index (χ1n) is 13.2. The van der Waals surface area contributed by atoms with E-state index in [4.69, 9.17) is 4.98 Å². The molecule has 1 saturated carbocycles. The van der Waals surface area contributed by atoms with Crippen LogP contribution in [0.2, 0.25) is 0 Å². The molecule has 1 saturated heterocycles. The lowest BCUT2D eigenvalue weighted by atomic mass is 10.2. The Balaban J connectivity index is 1.40. The predicted octanol–water partition coefficient (Wildman–Crippen LogP) is 3.83. The lowest BCUT2D eigenvalue weighted by molar-refractivity contribution is -0.118. The van der Waals surface area contributed by atoms with Crippen molar-refractivity contribution in [2.75, 3.05) is 44.4 Å². The summed E-state index contributed by atoms with van der Waals surface area (Å²) in [6.45, 7) is 3.58. The lowest BCUT2D eigenvalue weighted by Gasteiger charge is -2.28. The van der Waals surface area contributed by atoms with Gasteiger partial charge < -0.3 is 24.6 Å². The van der Waals surface area contributed by atoms with Crippen molar-refractivity contribution < 1.29 is 9.59 Å². The Morgan fingerprint density at radius 1 is 1.16 bits per heavy atom. The summed E-state index contributed by atoms with van der Waals surface area (Å²) < 4.78 is 2.10. The van der Waals surface area contributed by atoms with Crippen LogP contribution in [0.5, 0.6) is 0 Å². The first-order chi connectivity index (χ1) is 17.9. The smallest absolute Gasteiger partial charge is 0.270 e. The molecule has 3 aromatic rings. The molecule has 0 radical (unpaired) electrons. The van der Waals surface area contributed by atoms with Gasteiger partial charge in [-0.15, -0.1) is 0 Å². The Morgan fingerprint density at radius 2 is 1.95 bits per heavy atom. The molecular weight excluding hydrogens is 468 g/mol. The number of anilines is 3. The normalized spacial score (nSPS) is 19.4. The first-order valence-corrected chi connectivity index (χ1v) is 13.2. The molecule has 37 heavy (non-hydrogen) atoms. The van der Waals surface area contributed by atoms with E-state index in [2.05, 4.69) is 38.7 Å². The van der Waals surface area contributed by atoms with E-state index in [1.165, 1.54) is 0 Å². The van der Waals surface area contributed by atoms with E-state index in [1.807, 2.05) is 23.1 Å². The maximum atomic E-state index is 12.9. The van der Waals surface area contributed by atoms with Crippen LogP contribution in [-0.2, 0) is 4.79 Å². The number of likely N-dealkylation sites (N-methyl/N-ethyl adjacent to an activating group) is 1. The van der Waals surface area contributed by atoms with Gasteiger partial charge in [0.15, 0.2) is 0 Å². The molecule has 5 rings (SSSR count). The van der Waals surface area contributed by atoms with Crippen LogP contribution in [-0.4, -0.2) is 81.4 Å². The van der Waals surface area contributed by atoms with E-state index >= 15 is 0 Å². The second kappa shape index (κ2) is 10.5. The van der Waals surface area contributed by atoms with Gasteiger partial charge >= 0.3 is 0 Å². The van der Waals surface area contributed by atoms with Crippen molar-refractivity contribution in [3.05, 3.63) is 36.3 Å². The van der Waals surface area contributed by atoms with Crippen LogP contribution in [0.25, 0.3) is 11.0 Å². The molecule has 1 atom stereocenters. The van der Waals surface area contributed by atoms with Gasteiger partial charge in [0.25, 0.3) is 5.91 Å². The molecule has 2 fully saturated rings. The van der Waals surface area contributed by atoms with Crippen LogP contribution in [0.3, 0.4) is 0 Å². The lowest BCUT2D eigenvalue weighted by Crippen LogP contribution is -2.39. The highest BCUT2D eigenvalue weighted by Gasteiger charge is 2.28. The number of nitrogens with zero attached hydrogens (tertiary/aromatic N) is 7. The van der Waals surface area contributed by atoms with Gasteiger partial charge in [0.2, 0.25) is 11.9 Å². The Hall–Kier alpha value is -3.53. The van der Waals surface area contributed by atoms with Crippen LogP contribution in [0.4, 0.5) is 17.5 Å². The predicted molar refractivity (Wildman–Crippen MR) is 144 cm³/mol. The molecule has 10 heteroatoms. The molecule has 0 aromatic carbocycles. The topological polar surface area (TPSA) is 99.5 Å². The Labute approximate surface area is 217 Å². The minimum Gasteiger partial charge on any atom is -0.343 e. The number of pyridine rings is 1. The zero-order valence-electron chi connectivity index (χ0n) is 22.1. The molecule has 3 aromatic heterocycles. The van der Waals surface area contributed by atoms with Gasteiger partial charge in [-0.2, -0.15) is 4.98 Å². The standard InChI is InChI=1S/C27H36N8O2/c1-5-19-17-34(24(36)12-13-33(19)4)21-10-11-23(28-16-21)30-27-29-15-18-14-22(26(37)32(2)3)35(25(18)31-27)20-8-6-7-9-20/h10-11,14-16,19-20H,5-9,12-13,17H2,1-4H3,(H,28,29,30,31). The highest BCUT2D eigenvalue weighted by molar-refractivity contribution is 5.98. The van der Waals surface area contributed by atoms with Gasteiger partial charge in [-0.3, -0.25) is 9.59 Å². The van der Waals surface area contributed by atoms with Crippen molar-refractivity contribution in [2.45, 2.75) is 57.5 Å². The fourth-order valence-corrected chi connectivity index (χ4v) is 5.46. The molecule has 0 bridgehead atoms. The molecule has 4 heterocycles. The average Bonchev–Trinajstić information content (AvgIpc) is 3.52. The van der Waals surface area contributed by atoms with Gasteiger partial charge in [-0.1, -0.05) is 19.8 Å². The Morgan fingerprint density at radius 3 is 2.62 bits per heavy atom. The highest BCUT2D eigenvalue weighted by Crippen LogP contribution is 2.35. The van der Waals surface area contributed by atoms with Crippen molar-refractivity contribution in [3.8, 4) is 0 Å². The molecule has 2 amide bonds. The molecule has 1 aliphatic carbocycles. The van der Waals surface area contributed by atoms with Gasteiger partial charge in [-0.25, -0.2) is 9.97 Å². The highest BCUT2D eigenvalue weighted by atomic mass is 16.2. The zero-order chi connectivity index (χ0) is 26.1. The van der Waals surface area contributed by atoms with Crippen molar-refractivity contribution >= 4 is 40.3 Å². The Bertz CT molecular complexity index is 1280. The van der Waals surface area contributed by atoms with Gasteiger partial charge in [0, 0.05) is 57.3 Å². The maximum absolute atomic E-state index is 12.9. The number of hydrogen-bond acceptors (Lipinski definition) is 7. The zero-order valence-corrected chi connectivity index (χ0v) is 22.1. The van der Waals surface area contributed by atoms with Crippen LogP contribution in [0, 0.1) is 0 Å². The maximum Gasteiger partial charge on any atom is 0.270 e. The van der Waals surface area contributed by atoms with Crippen LogP contribution >= 0.6 is 0 Å².